The molecule has 0 saturated carbocycles. The number of hydrogen-bond acceptors (Lipinski definition) is 1. The fourth-order valence-corrected chi connectivity index (χ4v) is 1.36. The highest BCUT2D eigenvalue weighted by atomic mass is 31.0. The van der Waals surface area contributed by atoms with E-state index in [0.717, 1.165) is 18.3 Å². The summed E-state index contributed by atoms with van der Waals surface area (Å²) >= 11 is 0. The Morgan fingerprint density at radius 2 is 2.15 bits per heavy atom. The molecule has 13 heavy (non-hydrogen) atoms. The van der Waals surface area contributed by atoms with Crippen LogP contribution in [-0.4, -0.2) is 6.29 Å². The molecule has 0 aliphatic rings. The smallest absolute Gasteiger partial charge is 0.145 e. The molecule has 1 nitrogen and oxygen atoms in total. The van der Waals surface area contributed by atoms with E-state index in [2.05, 4.69) is 15.3 Å². The molecule has 1 unspecified atom stereocenters. The van der Waals surface area contributed by atoms with Gasteiger partial charge in [-0.05, 0) is 29.8 Å². The van der Waals surface area contributed by atoms with Gasteiger partial charge in [0.2, 0.25) is 0 Å². The molecule has 0 aromatic heterocycles. The molecule has 0 radical (unpaired) electrons. The van der Waals surface area contributed by atoms with E-state index in [-0.39, 0.29) is 0 Å². The second kappa shape index (κ2) is 4.94. The lowest BCUT2D eigenvalue weighted by atomic mass is 10.1. The molecule has 1 rings (SSSR count). The van der Waals surface area contributed by atoms with E-state index in [1.807, 2.05) is 31.2 Å². The van der Waals surface area contributed by atoms with Crippen molar-refractivity contribution in [3.8, 4) is 0 Å². The molecular formula is C11H13OP. The van der Waals surface area contributed by atoms with Crippen LogP contribution < -0.4 is 5.30 Å². The van der Waals surface area contributed by atoms with Gasteiger partial charge in [-0.15, -0.1) is 9.24 Å². The van der Waals surface area contributed by atoms with Gasteiger partial charge in [0.05, 0.1) is 0 Å². The minimum atomic E-state index is 0.785. The van der Waals surface area contributed by atoms with Crippen molar-refractivity contribution < 1.29 is 4.79 Å². The molecule has 68 valence electrons. The molecule has 0 N–H and O–H groups in total. The summed E-state index contributed by atoms with van der Waals surface area (Å²) in [5, 5.41) is 1.19. The average molecular weight is 192 g/mol. The second-order valence-corrected chi connectivity index (χ2v) is 3.59. The van der Waals surface area contributed by atoms with Crippen molar-refractivity contribution in [3.05, 3.63) is 41.5 Å². The van der Waals surface area contributed by atoms with Crippen LogP contribution in [0, 0.1) is 0 Å². The molecule has 0 heterocycles. The Labute approximate surface area is 81.1 Å². The maximum absolute atomic E-state index is 10.3. The number of carbonyl (C=O) groups excluding carboxylic acids is 1. The zero-order valence-corrected chi connectivity index (χ0v) is 8.81. The van der Waals surface area contributed by atoms with Gasteiger partial charge < -0.3 is 0 Å². The molecule has 2 heteroatoms. The van der Waals surface area contributed by atoms with Gasteiger partial charge in [0, 0.05) is 0 Å². The Morgan fingerprint density at radius 3 is 2.77 bits per heavy atom. The van der Waals surface area contributed by atoms with Crippen molar-refractivity contribution in [1.82, 2.24) is 0 Å². The molecule has 0 fully saturated rings. The molecule has 0 amide bonds. The standard InChI is InChI=1S/C11H13OP/c1-9(8-12)6-7-10-4-2-3-5-11(10)13/h2-6,8H,7,13H2,1H3. The van der Waals surface area contributed by atoms with Gasteiger partial charge in [-0.1, -0.05) is 30.3 Å². The topological polar surface area (TPSA) is 17.1 Å². The second-order valence-electron chi connectivity index (χ2n) is 2.97. The summed E-state index contributed by atoms with van der Waals surface area (Å²) in [5.74, 6) is 0. The maximum atomic E-state index is 10.3. The van der Waals surface area contributed by atoms with E-state index in [1.165, 1.54) is 10.9 Å². The number of hydrogen-bond donors (Lipinski definition) is 0. The Hall–Kier alpha value is -0.940. The van der Waals surface area contributed by atoms with Crippen LogP contribution in [-0.2, 0) is 11.2 Å². The first kappa shape index (κ1) is 10.1. The average Bonchev–Trinajstić information content (AvgIpc) is 2.16. The number of allylic oxidation sites excluding steroid dienone is 2. The van der Waals surface area contributed by atoms with Crippen LogP contribution in [0.5, 0.6) is 0 Å². The Kier molecular flexibility index (Phi) is 3.85. The third-order valence-corrected chi connectivity index (χ3v) is 2.45. The monoisotopic (exact) mass is 192 g/mol. The first-order valence-electron chi connectivity index (χ1n) is 4.19. The van der Waals surface area contributed by atoms with E-state index in [1.54, 1.807) is 0 Å². The third-order valence-electron chi connectivity index (χ3n) is 1.88. The summed E-state index contributed by atoms with van der Waals surface area (Å²) in [5.41, 5.74) is 2.03. The van der Waals surface area contributed by atoms with Crippen LogP contribution in [0.3, 0.4) is 0 Å². The van der Waals surface area contributed by atoms with Crippen molar-refractivity contribution >= 4 is 20.8 Å². The van der Waals surface area contributed by atoms with Gasteiger partial charge in [-0.3, -0.25) is 4.79 Å². The van der Waals surface area contributed by atoms with Crippen molar-refractivity contribution in [1.29, 1.82) is 0 Å². The molecule has 0 saturated heterocycles. The SMILES string of the molecule is CC(C=O)=CCc1ccccc1P. The molecule has 0 spiro atoms. The normalized spacial score (nSPS) is 11.4. The van der Waals surface area contributed by atoms with Crippen LogP contribution in [0.25, 0.3) is 0 Å². The Bertz CT molecular complexity index is 329. The van der Waals surface area contributed by atoms with E-state index < -0.39 is 0 Å². The lowest BCUT2D eigenvalue weighted by molar-refractivity contribution is -0.104. The lowest BCUT2D eigenvalue weighted by Crippen LogP contribution is -1.99. The highest BCUT2D eigenvalue weighted by Crippen LogP contribution is 2.03. The summed E-state index contributed by atoms with van der Waals surface area (Å²) in [4.78, 5) is 10.3. The zero-order valence-electron chi connectivity index (χ0n) is 7.66. The number of benzene rings is 1. The Morgan fingerprint density at radius 1 is 1.46 bits per heavy atom. The van der Waals surface area contributed by atoms with Gasteiger partial charge in [0.1, 0.15) is 6.29 Å². The van der Waals surface area contributed by atoms with Crippen LogP contribution in [0.1, 0.15) is 12.5 Å². The zero-order chi connectivity index (χ0) is 9.68. The van der Waals surface area contributed by atoms with E-state index in [0.29, 0.717) is 0 Å². The van der Waals surface area contributed by atoms with Gasteiger partial charge in [0.15, 0.2) is 0 Å². The predicted molar refractivity (Wildman–Crippen MR) is 59.3 cm³/mol. The number of rotatable bonds is 3. The highest BCUT2D eigenvalue weighted by Gasteiger charge is 1.94. The van der Waals surface area contributed by atoms with Crippen molar-refractivity contribution in [2.75, 3.05) is 0 Å². The van der Waals surface area contributed by atoms with E-state index >= 15 is 0 Å². The van der Waals surface area contributed by atoms with Gasteiger partial charge in [0.25, 0.3) is 0 Å². The van der Waals surface area contributed by atoms with Crippen LogP contribution >= 0.6 is 9.24 Å². The van der Waals surface area contributed by atoms with Gasteiger partial charge in [-0.2, -0.15) is 0 Å². The summed E-state index contributed by atoms with van der Waals surface area (Å²) in [6.45, 7) is 1.82. The Balaban J connectivity index is 2.75. The molecular weight excluding hydrogens is 179 g/mol. The minimum absolute atomic E-state index is 0.785. The summed E-state index contributed by atoms with van der Waals surface area (Å²) in [6, 6.07) is 8.12. The van der Waals surface area contributed by atoms with Crippen molar-refractivity contribution in [3.63, 3.8) is 0 Å². The van der Waals surface area contributed by atoms with E-state index in [9.17, 15) is 4.79 Å². The highest BCUT2D eigenvalue weighted by molar-refractivity contribution is 7.27. The first-order chi connectivity index (χ1) is 6.24. The van der Waals surface area contributed by atoms with Crippen LogP contribution in [0.15, 0.2) is 35.9 Å². The van der Waals surface area contributed by atoms with E-state index in [4.69, 9.17) is 0 Å². The minimum Gasteiger partial charge on any atom is -0.298 e. The predicted octanol–water partition coefficient (Wildman–Crippen LogP) is 1.87. The molecule has 0 aliphatic carbocycles. The van der Waals surface area contributed by atoms with Crippen LogP contribution in [0.4, 0.5) is 0 Å². The molecule has 1 aromatic carbocycles. The maximum Gasteiger partial charge on any atom is 0.145 e. The van der Waals surface area contributed by atoms with Crippen molar-refractivity contribution in [2.45, 2.75) is 13.3 Å². The largest absolute Gasteiger partial charge is 0.298 e. The molecule has 0 bridgehead atoms. The first-order valence-corrected chi connectivity index (χ1v) is 4.77. The lowest BCUT2D eigenvalue weighted by Gasteiger charge is -2.00. The quantitative estimate of drug-likeness (QED) is 0.406. The van der Waals surface area contributed by atoms with Crippen LogP contribution in [0.2, 0.25) is 0 Å². The number of aldehydes is 1. The molecule has 0 aliphatic heterocycles. The molecule has 1 atom stereocenters. The summed E-state index contributed by atoms with van der Waals surface area (Å²) in [7, 11) is 2.69. The van der Waals surface area contributed by atoms with Crippen molar-refractivity contribution in [2.24, 2.45) is 0 Å². The summed E-state index contributed by atoms with van der Waals surface area (Å²) in [6.07, 6.45) is 3.64. The third kappa shape index (κ3) is 3.12. The summed E-state index contributed by atoms with van der Waals surface area (Å²) < 4.78 is 0. The fourth-order valence-electron chi connectivity index (χ4n) is 1.04. The van der Waals surface area contributed by atoms with Gasteiger partial charge in [-0.25, -0.2) is 0 Å². The number of carbonyl (C=O) groups is 1. The fraction of sp³-hybridized carbons (Fsp3) is 0.182. The molecule has 1 aromatic rings. The van der Waals surface area contributed by atoms with Gasteiger partial charge >= 0.3 is 0 Å².